The largest absolute Gasteiger partial charge is 0.311 e. The molecular formula is C18H16N2O3S2. The number of hydrogen-bond donors (Lipinski definition) is 0. The highest BCUT2D eigenvalue weighted by Crippen LogP contribution is 2.33. The molecule has 0 atom stereocenters. The first-order chi connectivity index (χ1) is 12.1. The number of benzene rings is 1. The van der Waals surface area contributed by atoms with Crippen molar-refractivity contribution in [3.8, 4) is 0 Å². The lowest BCUT2D eigenvalue weighted by Gasteiger charge is -2.23. The Hall–Kier alpha value is -2.38. The van der Waals surface area contributed by atoms with Crippen molar-refractivity contribution >= 4 is 51.9 Å². The number of anilines is 1. The van der Waals surface area contributed by atoms with Crippen LogP contribution in [0.4, 0.5) is 10.5 Å². The van der Waals surface area contributed by atoms with Crippen LogP contribution in [-0.4, -0.2) is 35.0 Å². The van der Waals surface area contributed by atoms with Crippen LogP contribution < -0.4 is 4.90 Å². The van der Waals surface area contributed by atoms with E-state index in [0.717, 1.165) is 27.2 Å². The molecule has 0 bridgehead atoms. The number of carbonyl (C=O) groups is 3. The third-order valence-corrected chi connectivity index (χ3v) is 5.40. The second-order valence-corrected chi connectivity index (χ2v) is 7.23. The second kappa shape index (κ2) is 7.67. The van der Waals surface area contributed by atoms with E-state index in [4.69, 9.17) is 0 Å². The molecule has 0 saturated carbocycles. The Labute approximate surface area is 153 Å². The summed E-state index contributed by atoms with van der Waals surface area (Å²) in [6.07, 6.45) is 1.69. The fourth-order valence-corrected chi connectivity index (χ4v) is 4.03. The van der Waals surface area contributed by atoms with Crippen LogP contribution in [0.25, 0.3) is 6.08 Å². The van der Waals surface area contributed by atoms with E-state index in [1.807, 2.05) is 54.8 Å². The summed E-state index contributed by atoms with van der Waals surface area (Å²) in [7, 11) is 0. The number of amides is 3. The standard InChI is InChI=1S/C18H16N2O3S2/c1-2-19(13-7-4-3-5-8-13)16(21)12-20-17(22)15(25-18(20)23)11-14-9-6-10-24-14/h3-11H,2,12H2,1H3/b15-11-. The van der Waals surface area contributed by atoms with E-state index < -0.39 is 11.1 Å². The Bertz CT molecular complexity index is 816. The maximum absolute atomic E-state index is 12.6. The highest BCUT2D eigenvalue weighted by atomic mass is 32.2. The molecule has 0 N–H and O–H groups in total. The van der Waals surface area contributed by atoms with Crippen LogP contribution in [0.3, 0.4) is 0 Å². The van der Waals surface area contributed by atoms with Gasteiger partial charge in [-0.05, 0) is 48.3 Å². The van der Waals surface area contributed by atoms with Gasteiger partial charge in [0, 0.05) is 17.1 Å². The summed E-state index contributed by atoms with van der Waals surface area (Å²) < 4.78 is 0. The van der Waals surface area contributed by atoms with Gasteiger partial charge in [0.05, 0.1) is 4.91 Å². The third kappa shape index (κ3) is 3.83. The van der Waals surface area contributed by atoms with Gasteiger partial charge in [-0.1, -0.05) is 24.3 Å². The molecule has 3 rings (SSSR count). The topological polar surface area (TPSA) is 57.7 Å². The van der Waals surface area contributed by atoms with Gasteiger partial charge >= 0.3 is 0 Å². The molecule has 1 aliphatic heterocycles. The van der Waals surface area contributed by atoms with E-state index in [0.29, 0.717) is 11.4 Å². The van der Waals surface area contributed by atoms with Gasteiger partial charge in [0.2, 0.25) is 5.91 Å². The molecule has 128 valence electrons. The molecule has 1 saturated heterocycles. The normalized spacial score (nSPS) is 15.9. The summed E-state index contributed by atoms with van der Waals surface area (Å²) in [4.78, 5) is 41.1. The van der Waals surface area contributed by atoms with Crippen molar-refractivity contribution in [1.29, 1.82) is 0 Å². The van der Waals surface area contributed by atoms with Gasteiger partial charge in [-0.3, -0.25) is 19.3 Å². The molecule has 2 aromatic rings. The fourth-order valence-electron chi connectivity index (χ4n) is 2.47. The number of carbonyl (C=O) groups excluding carboxylic acids is 3. The number of thioether (sulfide) groups is 1. The molecule has 1 aliphatic rings. The second-order valence-electron chi connectivity index (χ2n) is 5.26. The number of thiophene rings is 1. The highest BCUT2D eigenvalue weighted by molar-refractivity contribution is 8.18. The molecule has 0 spiro atoms. The molecule has 1 aromatic carbocycles. The van der Waals surface area contributed by atoms with Gasteiger partial charge in [0.25, 0.3) is 11.1 Å². The quantitative estimate of drug-likeness (QED) is 0.749. The number of nitrogens with zero attached hydrogens (tertiary/aromatic N) is 2. The average molecular weight is 372 g/mol. The fraction of sp³-hybridized carbons (Fsp3) is 0.167. The van der Waals surface area contributed by atoms with Crippen molar-refractivity contribution in [1.82, 2.24) is 4.90 Å². The number of hydrogen-bond acceptors (Lipinski definition) is 5. The molecule has 0 radical (unpaired) electrons. The third-order valence-electron chi connectivity index (χ3n) is 3.67. The minimum Gasteiger partial charge on any atom is -0.311 e. The van der Waals surface area contributed by atoms with Crippen molar-refractivity contribution in [3.05, 3.63) is 57.6 Å². The summed E-state index contributed by atoms with van der Waals surface area (Å²) in [6.45, 7) is 2.06. The Kier molecular flexibility index (Phi) is 5.35. The maximum atomic E-state index is 12.6. The van der Waals surface area contributed by atoms with E-state index in [1.54, 1.807) is 11.0 Å². The summed E-state index contributed by atoms with van der Waals surface area (Å²) in [5.74, 6) is -0.700. The molecule has 0 aliphatic carbocycles. The Morgan fingerprint density at radius 2 is 1.92 bits per heavy atom. The molecule has 0 unspecified atom stereocenters. The van der Waals surface area contributed by atoms with Crippen molar-refractivity contribution in [3.63, 3.8) is 0 Å². The van der Waals surface area contributed by atoms with Gasteiger partial charge in [0.15, 0.2) is 0 Å². The van der Waals surface area contributed by atoms with Gasteiger partial charge in [-0.15, -0.1) is 11.3 Å². The van der Waals surface area contributed by atoms with Crippen LogP contribution >= 0.6 is 23.1 Å². The molecule has 3 amide bonds. The monoisotopic (exact) mass is 372 g/mol. The molecular weight excluding hydrogens is 356 g/mol. The SMILES string of the molecule is CCN(C(=O)CN1C(=O)S/C(=C\c2cccs2)C1=O)c1ccccc1. The predicted octanol–water partition coefficient (Wildman–Crippen LogP) is 3.84. The summed E-state index contributed by atoms with van der Waals surface area (Å²) in [5.41, 5.74) is 0.746. The van der Waals surface area contributed by atoms with Gasteiger partial charge in [0.1, 0.15) is 6.54 Å². The number of imide groups is 1. The molecule has 1 fully saturated rings. The molecule has 1 aromatic heterocycles. The van der Waals surface area contributed by atoms with Crippen molar-refractivity contribution in [2.45, 2.75) is 6.92 Å². The lowest BCUT2D eigenvalue weighted by molar-refractivity contribution is -0.128. The smallest absolute Gasteiger partial charge is 0.294 e. The lowest BCUT2D eigenvalue weighted by Crippen LogP contribution is -2.42. The van der Waals surface area contributed by atoms with Crippen molar-refractivity contribution in [2.24, 2.45) is 0 Å². The zero-order valence-electron chi connectivity index (χ0n) is 13.5. The van der Waals surface area contributed by atoms with E-state index >= 15 is 0 Å². The first kappa shape index (κ1) is 17.4. The van der Waals surface area contributed by atoms with Crippen LogP contribution in [0, 0.1) is 0 Å². The lowest BCUT2D eigenvalue weighted by atomic mass is 10.2. The zero-order valence-corrected chi connectivity index (χ0v) is 15.2. The van der Waals surface area contributed by atoms with Crippen LogP contribution in [0.2, 0.25) is 0 Å². The van der Waals surface area contributed by atoms with Crippen molar-refractivity contribution < 1.29 is 14.4 Å². The van der Waals surface area contributed by atoms with Crippen molar-refractivity contribution in [2.75, 3.05) is 18.0 Å². The first-order valence-electron chi connectivity index (χ1n) is 7.74. The van der Waals surface area contributed by atoms with E-state index in [9.17, 15) is 14.4 Å². The number of rotatable bonds is 5. The Morgan fingerprint density at radius 1 is 1.16 bits per heavy atom. The average Bonchev–Trinajstić information content (AvgIpc) is 3.21. The minimum absolute atomic E-state index is 0.255. The highest BCUT2D eigenvalue weighted by Gasteiger charge is 2.37. The molecule has 2 heterocycles. The zero-order chi connectivity index (χ0) is 17.8. The van der Waals surface area contributed by atoms with Crippen LogP contribution in [0.5, 0.6) is 0 Å². The summed E-state index contributed by atoms with van der Waals surface area (Å²) in [6, 6.07) is 13.0. The maximum Gasteiger partial charge on any atom is 0.294 e. The summed E-state index contributed by atoms with van der Waals surface area (Å²) >= 11 is 2.36. The molecule has 7 heteroatoms. The summed E-state index contributed by atoms with van der Waals surface area (Å²) in [5, 5.41) is 1.49. The van der Waals surface area contributed by atoms with Gasteiger partial charge in [-0.25, -0.2) is 0 Å². The van der Waals surface area contributed by atoms with Crippen LogP contribution in [0.1, 0.15) is 11.8 Å². The van der Waals surface area contributed by atoms with E-state index in [-0.39, 0.29) is 12.5 Å². The van der Waals surface area contributed by atoms with E-state index in [1.165, 1.54) is 11.3 Å². The first-order valence-corrected chi connectivity index (χ1v) is 9.44. The van der Waals surface area contributed by atoms with Crippen LogP contribution in [0.15, 0.2) is 52.7 Å². The predicted molar refractivity (Wildman–Crippen MR) is 101 cm³/mol. The minimum atomic E-state index is -0.416. The van der Waals surface area contributed by atoms with Gasteiger partial charge < -0.3 is 4.90 Å². The molecule has 25 heavy (non-hydrogen) atoms. The molecule has 5 nitrogen and oxygen atoms in total. The number of para-hydroxylation sites is 1. The van der Waals surface area contributed by atoms with E-state index in [2.05, 4.69) is 0 Å². The Balaban J connectivity index is 1.75. The number of likely N-dealkylation sites (N-methyl/N-ethyl adjacent to an activating group) is 1. The van der Waals surface area contributed by atoms with Crippen LogP contribution in [-0.2, 0) is 9.59 Å². The van der Waals surface area contributed by atoms with Gasteiger partial charge in [-0.2, -0.15) is 0 Å². The Morgan fingerprint density at radius 3 is 2.56 bits per heavy atom.